The maximum Gasteiger partial charge on any atom is 0.303 e. The largest absolute Gasteiger partial charge is 0.481 e. The minimum Gasteiger partial charge on any atom is -0.481 e. The molecule has 0 rings (SSSR count). The van der Waals surface area contributed by atoms with Crippen LogP contribution in [-0.4, -0.2) is 44.3 Å². The molecule has 0 radical (unpaired) electrons. The number of carboxylic acids is 4. The number of carboxylic acid groups (broad SMARTS) is 4. The quantitative estimate of drug-likeness (QED) is 0.485. The van der Waals surface area contributed by atoms with Gasteiger partial charge >= 0.3 is 5.97 Å². The molecule has 4 N–H and O–H groups in total. The predicted molar refractivity (Wildman–Crippen MR) is 90.2 cm³/mol. The van der Waals surface area contributed by atoms with Crippen molar-refractivity contribution in [1.82, 2.24) is 0 Å². The van der Waals surface area contributed by atoms with Gasteiger partial charge in [0.15, 0.2) is 0 Å². The maximum atomic E-state index is 10.1. The number of hydrogen-bond donors (Lipinski definition) is 4. The summed E-state index contributed by atoms with van der Waals surface area (Å²) in [6.07, 6.45) is 8.64. The van der Waals surface area contributed by atoms with E-state index in [9.17, 15) is 4.79 Å². The summed E-state index contributed by atoms with van der Waals surface area (Å²) in [5, 5.41) is 30.6. The molecule has 0 aromatic heterocycles. The molecule has 0 bridgehead atoms. The second kappa shape index (κ2) is 25.8. The zero-order chi connectivity index (χ0) is 20.0. The van der Waals surface area contributed by atoms with Gasteiger partial charge in [0, 0.05) is 27.2 Å². The van der Waals surface area contributed by atoms with Gasteiger partial charge in [0.2, 0.25) is 0 Å². The number of aliphatic carboxylic acids is 4. The second-order valence-corrected chi connectivity index (χ2v) is 4.82. The average molecular weight is 352 g/mol. The van der Waals surface area contributed by atoms with Gasteiger partial charge < -0.3 is 20.4 Å². The molecule has 0 fully saturated rings. The Hall–Kier alpha value is -2.12. The lowest BCUT2D eigenvalue weighted by Crippen LogP contribution is -1.93. The third kappa shape index (κ3) is 150. The zero-order valence-corrected chi connectivity index (χ0v) is 15.1. The highest BCUT2D eigenvalue weighted by atomic mass is 16.4. The molecule has 144 valence electrons. The zero-order valence-electron chi connectivity index (χ0n) is 15.1. The Labute approximate surface area is 143 Å². The molecule has 8 nitrogen and oxygen atoms in total. The van der Waals surface area contributed by atoms with Crippen LogP contribution in [0.25, 0.3) is 0 Å². The van der Waals surface area contributed by atoms with E-state index in [4.69, 9.17) is 34.8 Å². The average Bonchev–Trinajstić information content (AvgIpc) is 2.35. The molecule has 0 saturated carbocycles. The standard InChI is InChI=1S/C10H20O2.3C2H4O2/c1-2-3-4-5-6-7-8-9-10(11)12;3*1-2(3)4/h2-9H2,1H3,(H,11,12);3*1H3,(H,3,4). The van der Waals surface area contributed by atoms with Crippen molar-refractivity contribution in [3.05, 3.63) is 0 Å². The summed E-state index contributed by atoms with van der Waals surface area (Å²) in [4.78, 5) is 37.1. The Balaban J connectivity index is -0.000000137. The van der Waals surface area contributed by atoms with Crippen LogP contribution in [0.2, 0.25) is 0 Å². The number of hydrogen-bond acceptors (Lipinski definition) is 4. The first kappa shape index (κ1) is 29.8. The van der Waals surface area contributed by atoms with E-state index >= 15 is 0 Å². The van der Waals surface area contributed by atoms with Crippen LogP contribution in [-0.2, 0) is 19.2 Å². The predicted octanol–water partition coefficient (Wildman–Crippen LogP) is 3.48. The normalized spacial score (nSPS) is 8.17. The van der Waals surface area contributed by atoms with Crippen molar-refractivity contribution in [2.24, 2.45) is 0 Å². The fourth-order valence-corrected chi connectivity index (χ4v) is 1.23. The fraction of sp³-hybridized carbons (Fsp3) is 0.750. The monoisotopic (exact) mass is 352 g/mol. The fourth-order valence-electron chi connectivity index (χ4n) is 1.23. The van der Waals surface area contributed by atoms with Crippen LogP contribution >= 0.6 is 0 Å². The molecule has 0 spiro atoms. The van der Waals surface area contributed by atoms with Gasteiger partial charge in [-0.3, -0.25) is 19.2 Å². The summed E-state index contributed by atoms with van der Waals surface area (Å²) in [6, 6.07) is 0. The molecule has 0 aliphatic heterocycles. The van der Waals surface area contributed by atoms with Gasteiger partial charge in [-0.25, -0.2) is 0 Å². The van der Waals surface area contributed by atoms with Crippen molar-refractivity contribution in [3.63, 3.8) is 0 Å². The van der Waals surface area contributed by atoms with E-state index in [0.717, 1.165) is 33.6 Å². The topological polar surface area (TPSA) is 149 Å². The van der Waals surface area contributed by atoms with Gasteiger partial charge in [0.05, 0.1) is 0 Å². The van der Waals surface area contributed by atoms with E-state index in [0.29, 0.717) is 6.42 Å². The molecule has 0 amide bonds. The highest BCUT2D eigenvalue weighted by Crippen LogP contribution is 2.07. The van der Waals surface area contributed by atoms with Crippen molar-refractivity contribution >= 4 is 23.9 Å². The first-order valence-electron chi connectivity index (χ1n) is 7.77. The van der Waals surface area contributed by atoms with E-state index in [2.05, 4.69) is 6.92 Å². The van der Waals surface area contributed by atoms with E-state index in [1.54, 1.807) is 0 Å². The van der Waals surface area contributed by atoms with Crippen LogP contribution < -0.4 is 0 Å². The first-order valence-corrected chi connectivity index (χ1v) is 7.77. The second-order valence-electron chi connectivity index (χ2n) is 4.82. The number of rotatable bonds is 8. The van der Waals surface area contributed by atoms with Crippen molar-refractivity contribution in [3.8, 4) is 0 Å². The maximum absolute atomic E-state index is 10.1. The molecule has 24 heavy (non-hydrogen) atoms. The molecule has 0 unspecified atom stereocenters. The van der Waals surface area contributed by atoms with Gasteiger partial charge in [-0.1, -0.05) is 45.4 Å². The lowest BCUT2D eigenvalue weighted by molar-refractivity contribution is -0.137. The Morgan fingerprint density at radius 3 is 1.08 bits per heavy atom. The van der Waals surface area contributed by atoms with E-state index < -0.39 is 23.9 Å². The molecular formula is C16H32O8. The molecule has 0 atom stereocenters. The molecule has 0 aliphatic carbocycles. The van der Waals surface area contributed by atoms with E-state index in [1.807, 2.05) is 0 Å². The minimum atomic E-state index is -0.833. The SMILES string of the molecule is CC(=O)O.CC(=O)O.CC(=O)O.CCCCCCCCCC(=O)O. The van der Waals surface area contributed by atoms with Crippen LogP contribution in [0.1, 0.15) is 79.1 Å². The van der Waals surface area contributed by atoms with Gasteiger partial charge in [0.25, 0.3) is 17.9 Å². The molecule has 0 aliphatic rings. The molecule has 0 saturated heterocycles. The van der Waals surface area contributed by atoms with Crippen molar-refractivity contribution in [2.45, 2.75) is 79.1 Å². The summed E-state index contributed by atoms with van der Waals surface area (Å²) >= 11 is 0. The molecule has 8 heteroatoms. The highest BCUT2D eigenvalue weighted by Gasteiger charge is 1.95. The highest BCUT2D eigenvalue weighted by molar-refractivity contribution is 5.66. The van der Waals surface area contributed by atoms with Gasteiger partial charge in [-0.2, -0.15) is 0 Å². The van der Waals surface area contributed by atoms with Gasteiger partial charge in [-0.15, -0.1) is 0 Å². The van der Waals surface area contributed by atoms with Gasteiger partial charge in [0.1, 0.15) is 0 Å². The van der Waals surface area contributed by atoms with Crippen LogP contribution in [0.15, 0.2) is 0 Å². The smallest absolute Gasteiger partial charge is 0.303 e. The third-order valence-corrected chi connectivity index (χ3v) is 1.99. The minimum absolute atomic E-state index is 0.341. The van der Waals surface area contributed by atoms with Crippen LogP contribution in [0.4, 0.5) is 0 Å². The van der Waals surface area contributed by atoms with Crippen molar-refractivity contribution < 1.29 is 39.6 Å². The van der Waals surface area contributed by atoms with Gasteiger partial charge in [-0.05, 0) is 6.42 Å². The summed E-state index contributed by atoms with van der Waals surface area (Å²) in [5.41, 5.74) is 0. The lowest BCUT2D eigenvalue weighted by atomic mass is 10.1. The summed E-state index contributed by atoms with van der Waals surface area (Å²) in [7, 11) is 0. The summed E-state index contributed by atoms with van der Waals surface area (Å²) in [6.45, 7) is 5.45. The molecule has 0 aromatic rings. The Morgan fingerprint density at radius 2 is 0.833 bits per heavy atom. The first-order chi connectivity index (χ1) is 11.0. The van der Waals surface area contributed by atoms with E-state index in [-0.39, 0.29) is 0 Å². The molecule has 0 heterocycles. The Bertz CT molecular complexity index is 286. The van der Waals surface area contributed by atoms with Crippen molar-refractivity contribution in [1.29, 1.82) is 0 Å². The lowest BCUT2D eigenvalue weighted by Gasteiger charge is -1.98. The van der Waals surface area contributed by atoms with Crippen LogP contribution in [0, 0.1) is 0 Å². The Morgan fingerprint density at radius 1 is 0.583 bits per heavy atom. The number of carbonyl (C=O) groups is 4. The summed E-state index contributed by atoms with van der Waals surface area (Å²) in [5.74, 6) is -3.16. The molecular weight excluding hydrogens is 320 g/mol. The summed E-state index contributed by atoms with van der Waals surface area (Å²) < 4.78 is 0. The third-order valence-electron chi connectivity index (χ3n) is 1.99. The number of unbranched alkanes of at least 4 members (excludes halogenated alkanes) is 6. The van der Waals surface area contributed by atoms with E-state index in [1.165, 1.54) is 32.1 Å². The van der Waals surface area contributed by atoms with Crippen LogP contribution in [0.3, 0.4) is 0 Å². The van der Waals surface area contributed by atoms with Crippen LogP contribution in [0.5, 0.6) is 0 Å². The Kier molecular flexibility index (Phi) is 32.1. The van der Waals surface area contributed by atoms with Crippen molar-refractivity contribution in [2.75, 3.05) is 0 Å². The molecule has 0 aromatic carbocycles.